The average molecular weight is 1280 g/mol. The van der Waals surface area contributed by atoms with Crippen LogP contribution in [0.25, 0.3) is 0 Å². The van der Waals surface area contributed by atoms with Crippen molar-refractivity contribution in [1.82, 2.24) is 16.0 Å². The van der Waals surface area contributed by atoms with Crippen LogP contribution in [0.2, 0.25) is 0 Å². The van der Waals surface area contributed by atoms with Gasteiger partial charge in [-0.2, -0.15) is 0 Å². The summed E-state index contributed by atoms with van der Waals surface area (Å²) in [7, 11) is 0. The number of Topliss-reactive ketones (excluding diaryl/α,β-unsaturated/α-hetero) is 1. The van der Waals surface area contributed by atoms with Gasteiger partial charge in [-0.3, -0.25) is 14.4 Å². The molecule has 5 rings (SSSR count). The molecule has 4 saturated carbocycles. The van der Waals surface area contributed by atoms with E-state index in [-0.39, 0.29) is 36.4 Å². The van der Waals surface area contributed by atoms with E-state index in [0.717, 1.165) is 108 Å². The molecule has 1 heterocycles. The number of rotatable bonds is 52. The molecule has 0 bridgehead atoms. The number of carbonyl (C=O) groups is 4. The largest absolute Gasteiger partial charge is 0.446 e. The summed E-state index contributed by atoms with van der Waals surface area (Å²) in [5.74, 6) is 6.22. The lowest BCUT2D eigenvalue weighted by Crippen LogP contribution is -2.54. The predicted molar refractivity (Wildman–Crippen MR) is 369 cm³/mol. The molecule has 0 aromatic heterocycles. The van der Waals surface area contributed by atoms with Crippen molar-refractivity contribution in [3.05, 3.63) is 12.2 Å². The van der Waals surface area contributed by atoms with Gasteiger partial charge in [0.15, 0.2) is 6.29 Å². The first kappa shape index (κ1) is 79.1. The smallest absolute Gasteiger partial charge is 0.407 e. The van der Waals surface area contributed by atoms with Crippen LogP contribution >= 0.6 is 0 Å². The maximum Gasteiger partial charge on any atom is 0.407 e. The highest BCUT2D eigenvalue weighted by Crippen LogP contribution is 2.68. The number of alkyl carbamates (subject to hydrolysis) is 1. The number of hydrogen-bond acceptors (Lipinski definition) is 11. The first-order chi connectivity index (χ1) is 44.2. The SMILES string of the molecule is CCCCCCCC/C=C\CCCCCCCCNC(=O)O[C@@H]1CC[C@@]2(C)C(CCC3C2CC[C@@]2(C)C3CC[C@@H]2[C@H](C)CCC(=O)NCCCCCC(=O)CCCCOCCOCCCCCC(=O)NCCOCCOCCO[C@H]2OC(CC)[C@@H](C)[C@H](C)C2C)C1. The number of hydrogen-bond donors (Lipinski definition) is 3. The van der Waals surface area contributed by atoms with E-state index in [0.29, 0.717) is 150 Å². The van der Waals surface area contributed by atoms with Gasteiger partial charge in [-0.25, -0.2) is 4.79 Å². The molecule has 91 heavy (non-hydrogen) atoms. The molecule has 0 radical (unpaired) electrons. The van der Waals surface area contributed by atoms with Crippen LogP contribution in [-0.2, 0) is 47.5 Å². The third-order valence-corrected chi connectivity index (χ3v) is 23.3. The van der Waals surface area contributed by atoms with Crippen molar-refractivity contribution >= 4 is 23.7 Å². The Hall–Kier alpha value is -2.62. The van der Waals surface area contributed by atoms with E-state index in [1.807, 2.05) is 0 Å². The van der Waals surface area contributed by atoms with Crippen LogP contribution in [0.5, 0.6) is 0 Å². The lowest BCUT2D eigenvalue weighted by molar-refractivity contribution is -0.251. The first-order valence-electron chi connectivity index (χ1n) is 38.4. The standard InChI is InChI=1S/C77H139N3O11/c1-9-11-12-13-14-15-16-17-18-19-20-21-22-23-24-30-48-80-75(84)90-66-43-45-76(7)64(59-66)38-39-67-69-41-40-68(77(69,8)46-44-70(67)76)60(3)37-42-73(83)78-47-31-25-27-34-65(81)35-29-33-51-86-54-53-85-50-32-26-28-36-72(82)79-49-52-87-55-56-88-57-58-89-74-63(6)61(4)62(5)71(10-2)91-74/h17-18,60-64,66-71,74H,9-16,19-59H2,1-8H3,(H,78,83)(H,79,82)(H,80,84)/b18-17-/t60-,61+,62+,63?,64?,66-,67?,68-,69?,70?,71?,74+,76+,77-/m1/s1. The minimum absolute atomic E-state index is 0.0465. The van der Waals surface area contributed by atoms with Crippen LogP contribution in [-0.4, -0.2) is 121 Å². The highest BCUT2D eigenvalue weighted by Gasteiger charge is 2.61. The number of ether oxygens (including phenoxy) is 7. The van der Waals surface area contributed by atoms with Crippen molar-refractivity contribution in [2.45, 2.75) is 311 Å². The van der Waals surface area contributed by atoms with E-state index in [4.69, 9.17) is 33.2 Å². The number of allylic oxidation sites excluding steroid dienone is 2. The number of nitrogens with one attached hydrogen (secondary N) is 3. The number of carbonyl (C=O) groups excluding carboxylic acids is 4. The van der Waals surface area contributed by atoms with Gasteiger partial charge in [0, 0.05) is 64.4 Å². The van der Waals surface area contributed by atoms with Crippen molar-refractivity contribution in [1.29, 1.82) is 0 Å². The van der Waals surface area contributed by atoms with Gasteiger partial charge in [-0.1, -0.05) is 138 Å². The second kappa shape index (κ2) is 46.5. The van der Waals surface area contributed by atoms with Gasteiger partial charge in [0.2, 0.25) is 11.8 Å². The van der Waals surface area contributed by atoms with Gasteiger partial charge >= 0.3 is 6.09 Å². The molecular formula is C77H139N3O11. The summed E-state index contributed by atoms with van der Waals surface area (Å²) < 4.78 is 41.0. The van der Waals surface area contributed by atoms with Crippen molar-refractivity contribution < 1.29 is 52.3 Å². The molecule has 5 aliphatic rings. The molecule has 14 nitrogen and oxygen atoms in total. The van der Waals surface area contributed by atoms with Crippen molar-refractivity contribution in [2.24, 2.45) is 64.1 Å². The molecule has 6 unspecified atom stereocenters. The molecule has 1 aliphatic heterocycles. The van der Waals surface area contributed by atoms with Gasteiger partial charge in [-0.15, -0.1) is 0 Å². The summed E-state index contributed by atoms with van der Waals surface area (Å²) in [5.41, 5.74) is 0.712. The number of amides is 3. The predicted octanol–water partition coefficient (Wildman–Crippen LogP) is 17.4. The summed E-state index contributed by atoms with van der Waals surface area (Å²) in [4.78, 5) is 50.7. The minimum Gasteiger partial charge on any atom is -0.446 e. The van der Waals surface area contributed by atoms with Crippen molar-refractivity contribution in [3.8, 4) is 0 Å². The van der Waals surface area contributed by atoms with E-state index >= 15 is 0 Å². The second-order valence-electron chi connectivity index (χ2n) is 29.7. The van der Waals surface area contributed by atoms with Gasteiger partial charge in [0.25, 0.3) is 0 Å². The summed E-state index contributed by atoms with van der Waals surface area (Å²) in [6, 6.07) is 0. The minimum atomic E-state index is -0.205. The van der Waals surface area contributed by atoms with Crippen LogP contribution in [0.3, 0.4) is 0 Å². The average Bonchev–Trinajstić information content (AvgIpc) is 1.72. The van der Waals surface area contributed by atoms with Crippen LogP contribution in [0.15, 0.2) is 12.2 Å². The molecule has 14 heteroatoms. The number of ketones is 1. The summed E-state index contributed by atoms with van der Waals surface area (Å²) in [5, 5.41) is 9.22. The summed E-state index contributed by atoms with van der Waals surface area (Å²) in [6.45, 7) is 25.6. The van der Waals surface area contributed by atoms with E-state index in [1.165, 1.54) is 128 Å². The van der Waals surface area contributed by atoms with Crippen LogP contribution in [0, 0.1) is 64.1 Å². The van der Waals surface area contributed by atoms with Gasteiger partial charge in [-0.05, 0) is 199 Å². The van der Waals surface area contributed by atoms with E-state index in [1.54, 1.807) is 0 Å². The molecule has 1 saturated heterocycles. The quantitative estimate of drug-likeness (QED) is 0.0391. The third kappa shape index (κ3) is 29.3. The molecule has 0 aromatic rings. The molecule has 3 amide bonds. The second-order valence-corrected chi connectivity index (χ2v) is 29.7. The van der Waals surface area contributed by atoms with E-state index in [2.05, 4.69) is 83.5 Å². The fraction of sp³-hybridized carbons (Fsp3) is 0.922. The Balaban J connectivity index is 0.763. The maximum absolute atomic E-state index is 13.1. The van der Waals surface area contributed by atoms with Crippen molar-refractivity contribution in [2.75, 3.05) is 79.1 Å². The fourth-order valence-electron chi connectivity index (χ4n) is 17.2. The van der Waals surface area contributed by atoms with E-state index in [9.17, 15) is 19.2 Å². The van der Waals surface area contributed by atoms with Crippen LogP contribution < -0.4 is 16.0 Å². The highest BCUT2D eigenvalue weighted by molar-refractivity contribution is 5.78. The Labute approximate surface area is 556 Å². The van der Waals surface area contributed by atoms with Crippen LogP contribution in [0.1, 0.15) is 293 Å². The monoisotopic (exact) mass is 1280 g/mol. The van der Waals surface area contributed by atoms with E-state index < -0.39 is 0 Å². The lowest BCUT2D eigenvalue weighted by atomic mass is 9.44. The summed E-state index contributed by atoms with van der Waals surface area (Å²) in [6.07, 6.45) is 45.2. The zero-order valence-electron chi connectivity index (χ0n) is 59.7. The molecular weight excluding hydrogens is 1140 g/mol. The molecule has 5 fully saturated rings. The first-order valence-corrected chi connectivity index (χ1v) is 38.4. The molecule has 0 spiro atoms. The Bertz CT molecular complexity index is 1970. The molecule has 0 aromatic carbocycles. The lowest BCUT2D eigenvalue weighted by Gasteiger charge is -2.61. The Morgan fingerprint density at radius 3 is 1.77 bits per heavy atom. The zero-order valence-corrected chi connectivity index (χ0v) is 59.7. The summed E-state index contributed by atoms with van der Waals surface area (Å²) >= 11 is 0. The fourth-order valence-corrected chi connectivity index (χ4v) is 17.2. The zero-order chi connectivity index (χ0) is 65.4. The van der Waals surface area contributed by atoms with Gasteiger partial charge < -0.3 is 49.1 Å². The Morgan fingerprint density at radius 2 is 1.07 bits per heavy atom. The number of fused-ring (bicyclic) bond motifs is 5. The third-order valence-electron chi connectivity index (χ3n) is 23.3. The van der Waals surface area contributed by atoms with Crippen LogP contribution in [0.4, 0.5) is 4.79 Å². The molecule has 4 aliphatic carbocycles. The molecule has 3 N–H and O–H groups in total. The van der Waals surface area contributed by atoms with Gasteiger partial charge in [0.05, 0.1) is 52.4 Å². The normalized spacial score (nSPS) is 28.3. The molecule has 14 atom stereocenters. The maximum atomic E-state index is 13.1. The van der Waals surface area contributed by atoms with Crippen molar-refractivity contribution in [3.63, 3.8) is 0 Å². The number of unbranched alkanes of at least 4 members (excludes halogenated alkanes) is 17. The van der Waals surface area contributed by atoms with Gasteiger partial charge in [0.1, 0.15) is 11.9 Å². The Morgan fingerprint density at radius 1 is 0.516 bits per heavy atom. The molecule has 528 valence electrons. The topological polar surface area (TPSA) is 169 Å². The highest BCUT2D eigenvalue weighted by atomic mass is 16.7. The Kier molecular flexibility index (Phi) is 40.4.